The van der Waals surface area contributed by atoms with Crippen LogP contribution in [0, 0.1) is 18.6 Å². The summed E-state index contributed by atoms with van der Waals surface area (Å²) >= 11 is 6.18. The summed E-state index contributed by atoms with van der Waals surface area (Å²) in [5.41, 5.74) is -0.415. The van der Waals surface area contributed by atoms with Crippen molar-refractivity contribution >= 4 is 34.9 Å². The van der Waals surface area contributed by atoms with Crippen LogP contribution in [0.3, 0.4) is 0 Å². The van der Waals surface area contributed by atoms with Crippen molar-refractivity contribution in [1.29, 1.82) is 0 Å². The van der Waals surface area contributed by atoms with Gasteiger partial charge in [-0.25, -0.2) is 18.7 Å². The van der Waals surface area contributed by atoms with E-state index in [4.69, 9.17) is 16.3 Å². The first-order valence-electron chi connectivity index (χ1n) is 20.1. The van der Waals surface area contributed by atoms with Crippen molar-refractivity contribution in [3.8, 4) is 17.1 Å². The van der Waals surface area contributed by atoms with Crippen LogP contribution in [0.2, 0.25) is 5.02 Å². The maximum atomic E-state index is 15.7. The topological polar surface area (TPSA) is 140 Å². The van der Waals surface area contributed by atoms with Crippen molar-refractivity contribution in [3.05, 3.63) is 133 Å². The molecular formula is C44H41ClF5N9O4. The minimum atomic E-state index is -4.67. The van der Waals surface area contributed by atoms with E-state index in [0.29, 0.717) is 42.3 Å². The number of carbonyl (C=O) groups is 2. The Hall–Kier alpha value is -6.27. The number of hydrogen-bond donors (Lipinski definition) is 1. The van der Waals surface area contributed by atoms with Crippen LogP contribution >= 0.6 is 11.6 Å². The van der Waals surface area contributed by atoms with Crippen LogP contribution in [-0.4, -0.2) is 77.9 Å². The molecule has 1 unspecified atom stereocenters. The molecule has 6 aromatic rings. The van der Waals surface area contributed by atoms with Gasteiger partial charge >= 0.3 is 6.18 Å². The van der Waals surface area contributed by atoms with Gasteiger partial charge in [0.15, 0.2) is 28.9 Å². The van der Waals surface area contributed by atoms with Crippen molar-refractivity contribution in [2.75, 3.05) is 32.5 Å². The number of aryl methyl sites for hydroxylation is 1. The first-order chi connectivity index (χ1) is 30.0. The Balaban J connectivity index is 1.15. The van der Waals surface area contributed by atoms with Gasteiger partial charge in [-0.2, -0.15) is 22.7 Å². The van der Waals surface area contributed by atoms with Crippen LogP contribution in [0.5, 0.6) is 5.75 Å². The minimum absolute atomic E-state index is 0.0880. The van der Waals surface area contributed by atoms with Gasteiger partial charge in [0.2, 0.25) is 11.7 Å². The lowest BCUT2D eigenvalue weighted by molar-refractivity contribution is -0.137. The molecule has 3 aromatic carbocycles. The van der Waals surface area contributed by atoms with Crippen LogP contribution in [0.25, 0.3) is 17.2 Å². The molecule has 1 aliphatic heterocycles. The SMILES string of the molecule is Cc1ncnc(C(=O)N2CCC3(CC2)CC(C)c2c3c(=O)n3nc(-c4ccc(CN(C)C)c(F)c4F)nc3n2CC(=O)Nc2ccc(C(F)(F)F)cc2Cl)c1OCc1ccccc1. The number of nitrogens with zero attached hydrogens (tertiary/aromatic N) is 8. The standard InChI is InChI=1S/C44H41ClF5N9O4/c1-24-19-43(14-16-57(17-15-43)41(62)36-38(25(2)51-23-52-36)63-22-26-8-6-5-7-9-26)33-37(24)58(21-32(60)53-31-13-11-28(18-30(31)45)44(48,49)50)42-54-39(55-59(42)40(33)61)29-12-10-27(20-56(3)4)34(46)35(29)47/h5-13,18,23-24H,14-17,19-22H2,1-4H3,(H,53,60). The number of nitrogens with one attached hydrogen (secondary N) is 1. The van der Waals surface area contributed by atoms with E-state index in [0.717, 1.165) is 22.2 Å². The number of likely N-dealkylation sites (tertiary alicyclic amines) is 1. The third kappa shape index (κ3) is 8.24. The maximum absolute atomic E-state index is 15.7. The Bertz CT molecular complexity index is 2820. The molecular weight excluding hydrogens is 849 g/mol. The zero-order valence-corrected chi connectivity index (χ0v) is 35.3. The van der Waals surface area contributed by atoms with Gasteiger partial charge < -0.3 is 24.4 Å². The van der Waals surface area contributed by atoms with Crippen molar-refractivity contribution < 1.29 is 36.3 Å². The van der Waals surface area contributed by atoms with Gasteiger partial charge in [-0.3, -0.25) is 14.4 Å². The van der Waals surface area contributed by atoms with Crippen LogP contribution in [0.1, 0.15) is 76.2 Å². The normalized spacial score (nSPS) is 15.9. The number of rotatable bonds is 10. The monoisotopic (exact) mass is 889 g/mol. The molecule has 1 spiro atoms. The molecule has 1 saturated heterocycles. The molecule has 0 saturated carbocycles. The summed E-state index contributed by atoms with van der Waals surface area (Å²) in [7, 11) is 3.41. The average Bonchev–Trinajstić information content (AvgIpc) is 3.81. The van der Waals surface area contributed by atoms with E-state index in [2.05, 4.69) is 25.4 Å². The van der Waals surface area contributed by atoms with E-state index in [1.165, 1.54) is 23.0 Å². The van der Waals surface area contributed by atoms with Crippen molar-refractivity contribution in [3.63, 3.8) is 0 Å². The highest BCUT2D eigenvalue weighted by atomic mass is 35.5. The first kappa shape index (κ1) is 43.4. The second-order valence-electron chi connectivity index (χ2n) is 16.3. The summed E-state index contributed by atoms with van der Waals surface area (Å²) in [5, 5.41) is 6.60. The lowest BCUT2D eigenvalue weighted by atomic mass is 9.73. The fourth-order valence-corrected chi connectivity index (χ4v) is 8.98. The van der Waals surface area contributed by atoms with Crippen molar-refractivity contribution in [2.24, 2.45) is 0 Å². The van der Waals surface area contributed by atoms with Gasteiger partial charge in [-0.1, -0.05) is 54.9 Å². The van der Waals surface area contributed by atoms with Gasteiger partial charge in [0.25, 0.3) is 11.5 Å². The summed E-state index contributed by atoms with van der Waals surface area (Å²) in [4.78, 5) is 59.1. The summed E-state index contributed by atoms with van der Waals surface area (Å²) in [6, 6.07) is 14.7. The number of alkyl halides is 3. The number of halogens is 6. The highest BCUT2D eigenvalue weighted by molar-refractivity contribution is 6.33. The summed E-state index contributed by atoms with van der Waals surface area (Å²) in [6.45, 7) is 3.86. The van der Waals surface area contributed by atoms with E-state index >= 15 is 8.78 Å². The zero-order valence-electron chi connectivity index (χ0n) is 34.6. The third-order valence-electron chi connectivity index (χ3n) is 11.7. The number of piperidine rings is 1. The van der Waals surface area contributed by atoms with Gasteiger partial charge in [-0.05, 0) is 76.0 Å². The second-order valence-corrected chi connectivity index (χ2v) is 16.7. The first-order valence-corrected chi connectivity index (χ1v) is 20.4. The zero-order chi connectivity index (χ0) is 45.0. The molecule has 19 heteroatoms. The number of carbonyl (C=O) groups excluding carboxylic acids is 2. The van der Waals surface area contributed by atoms with Crippen molar-refractivity contribution in [2.45, 2.75) is 70.3 Å². The van der Waals surface area contributed by atoms with Gasteiger partial charge in [0.1, 0.15) is 19.5 Å². The molecule has 8 rings (SSSR count). The van der Waals surface area contributed by atoms with Gasteiger partial charge in [0, 0.05) is 41.9 Å². The molecule has 328 valence electrons. The quantitative estimate of drug-likeness (QED) is 0.138. The predicted molar refractivity (Wildman–Crippen MR) is 222 cm³/mol. The summed E-state index contributed by atoms with van der Waals surface area (Å²) in [5.74, 6) is -3.97. The Morgan fingerprint density at radius 3 is 2.43 bits per heavy atom. The highest BCUT2D eigenvalue weighted by Crippen LogP contribution is 2.50. The van der Waals surface area contributed by atoms with E-state index in [1.807, 2.05) is 37.3 Å². The number of aromatic nitrogens is 6. The van der Waals surface area contributed by atoms with Crippen LogP contribution in [-0.2, 0) is 36.1 Å². The Morgan fingerprint density at radius 1 is 1.02 bits per heavy atom. The molecule has 0 radical (unpaired) electrons. The van der Waals surface area contributed by atoms with E-state index in [-0.39, 0.29) is 82.9 Å². The minimum Gasteiger partial charge on any atom is -0.485 e. The molecule has 1 N–H and O–H groups in total. The number of ether oxygens (including phenoxy) is 1. The molecule has 4 heterocycles. The lowest BCUT2D eigenvalue weighted by Crippen LogP contribution is -2.47. The molecule has 63 heavy (non-hydrogen) atoms. The van der Waals surface area contributed by atoms with Crippen LogP contribution in [0.15, 0.2) is 71.8 Å². The molecule has 2 aliphatic rings. The molecule has 1 fully saturated rings. The van der Waals surface area contributed by atoms with Crippen LogP contribution < -0.4 is 15.6 Å². The van der Waals surface area contributed by atoms with Gasteiger partial charge in [-0.15, -0.1) is 5.10 Å². The average molecular weight is 890 g/mol. The largest absolute Gasteiger partial charge is 0.485 e. The van der Waals surface area contributed by atoms with E-state index in [1.54, 1.807) is 30.8 Å². The Morgan fingerprint density at radius 2 is 1.75 bits per heavy atom. The fourth-order valence-electron chi connectivity index (χ4n) is 8.75. The molecule has 1 aliphatic carbocycles. The number of benzene rings is 3. The molecule has 0 bridgehead atoms. The lowest BCUT2D eigenvalue weighted by Gasteiger charge is -2.39. The second kappa shape index (κ2) is 16.8. The highest BCUT2D eigenvalue weighted by Gasteiger charge is 2.49. The third-order valence-corrected chi connectivity index (χ3v) is 12.0. The van der Waals surface area contributed by atoms with E-state index in [9.17, 15) is 27.6 Å². The summed E-state index contributed by atoms with van der Waals surface area (Å²) < 4.78 is 79.7. The number of hydrogen-bond acceptors (Lipinski definition) is 9. The maximum Gasteiger partial charge on any atom is 0.416 e. The van der Waals surface area contributed by atoms with E-state index < -0.39 is 46.8 Å². The fraction of sp³-hybridized carbons (Fsp3) is 0.341. The molecule has 2 amide bonds. The van der Waals surface area contributed by atoms with Gasteiger partial charge in [0.05, 0.1) is 27.5 Å². The Labute approximate surface area is 362 Å². The molecule has 13 nitrogen and oxygen atoms in total. The number of amides is 2. The summed E-state index contributed by atoms with van der Waals surface area (Å²) in [6.07, 6.45) is -2.24. The van der Waals surface area contributed by atoms with Crippen molar-refractivity contribution in [1.82, 2.24) is 38.9 Å². The number of anilines is 1. The predicted octanol–water partition coefficient (Wildman–Crippen LogP) is 7.57. The number of fused-ring (bicyclic) bond motifs is 3. The smallest absolute Gasteiger partial charge is 0.416 e. The molecule has 1 atom stereocenters. The Kier molecular flexibility index (Phi) is 11.6. The molecule has 3 aromatic heterocycles. The van der Waals surface area contributed by atoms with Crippen LogP contribution in [0.4, 0.5) is 27.6 Å².